The third-order valence-corrected chi connectivity index (χ3v) is 5.58. The lowest BCUT2D eigenvalue weighted by Crippen LogP contribution is -2.37. The highest BCUT2D eigenvalue weighted by Crippen LogP contribution is 2.40. The monoisotopic (exact) mass is 507 g/mol. The Bertz CT molecular complexity index is 988. The van der Waals surface area contributed by atoms with E-state index in [1.807, 2.05) is 6.07 Å². The minimum Gasteiger partial charge on any atom is -0.493 e. The lowest BCUT2D eigenvalue weighted by Gasteiger charge is -2.31. The maximum atomic E-state index is 14.4. The van der Waals surface area contributed by atoms with Gasteiger partial charge in [0.15, 0.2) is 17.7 Å². The minimum atomic E-state index is -0.644. The number of unbranched alkanes of at least 4 members (excludes halogenated alkanes) is 2. The highest BCUT2D eigenvalue weighted by atomic mass is 79.9. The van der Waals surface area contributed by atoms with Gasteiger partial charge in [-0.05, 0) is 43.5 Å². The predicted molar refractivity (Wildman–Crippen MR) is 127 cm³/mol. The Kier molecular flexibility index (Phi) is 8.29. The second-order valence-electron chi connectivity index (χ2n) is 7.22. The summed E-state index contributed by atoms with van der Waals surface area (Å²) in [5.74, 6) is 6.96. The van der Waals surface area contributed by atoms with E-state index in [-0.39, 0.29) is 11.6 Å². The first kappa shape index (κ1) is 23.8. The molecule has 2 aromatic carbocycles. The third-order valence-electron chi connectivity index (χ3n) is 5.09. The predicted octanol–water partition coefficient (Wildman–Crippen LogP) is 4.11. The van der Waals surface area contributed by atoms with Crippen LogP contribution in [0.4, 0.5) is 15.8 Å². The molecule has 0 spiro atoms. The Morgan fingerprint density at radius 2 is 2.09 bits per heavy atom. The molecule has 1 unspecified atom stereocenters. The summed E-state index contributed by atoms with van der Waals surface area (Å²) < 4.78 is 26.5. The zero-order valence-corrected chi connectivity index (χ0v) is 19.6. The molecular weight excluding hydrogens is 481 g/mol. The second-order valence-corrected chi connectivity index (χ2v) is 8.14. The molecule has 0 saturated carbocycles. The topological polar surface area (TPSA) is 101 Å². The quantitative estimate of drug-likeness (QED) is 0.254. The SMILES string of the molecule is CNC(=O)CCCCCOc1cc2c(cc1OC)C(N(N)c1ccc(Br)cc1F)N=CN2. The van der Waals surface area contributed by atoms with Crippen LogP contribution in [0.2, 0.25) is 0 Å². The van der Waals surface area contributed by atoms with E-state index in [0.29, 0.717) is 29.0 Å². The van der Waals surface area contributed by atoms with Gasteiger partial charge in [-0.2, -0.15) is 0 Å². The van der Waals surface area contributed by atoms with Crippen LogP contribution in [0.25, 0.3) is 0 Å². The lowest BCUT2D eigenvalue weighted by molar-refractivity contribution is -0.120. The molecule has 4 N–H and O–H groups in total. The summed E-state index contributed by atoms with van der Waals surface area (Å²) in [7, 11) is 3.19. The van der Waals surface area contributed by atoms with Crippen molar-refractivity contribution in [3.63, 3.8) is 0 Å². The highest BCUT2D eigenvalue weighted by Gasteiger charge is 2.26. The fourth-order valence-electron chi connectivity index (χ4n) is 3.36. The fourth-order valence-corrected chi connectivity index (χ4v) is 3.69. The van der Waals surface area contributed by atoms with Gasteiger partial charge in [0.2, 0.25) is 5.91 Å². The van der Waals surface area contributed by atoms with Crippen molar-refractivity contribution in [1.29, 1.82) is 0 Å². The molecule has 172 valence electrons. The van der Waals surface area contributed by atoms with Crippen LogP contribution in [-0.4, -0.2) is 33.0 Å². The molecule has 0 saturated heterocycles. The molecule has 1 aliphatic rings. The first-order valence-corrected chi connectivity index (χ1v) is 11.1. The standard InChI is InChI=1S/C22H27BrFN5O3/c1-26-21(30)6-4-3-5-9-32-20-12-17-15(11-19(20)31-2)22(28-13-27-17)29(25)18-8-7-14(23)10-16(18)24/h7-8,10-13,22H,3-6,9,25H2,1-2H3,(H,26,30)(H,27,28). The largest absolute Gasteiger partial charge is 0.493 e. The number of ether oxygens (including phenoxy) is 2. The summed E-state index contributed by atoms with van der Waals surface area (Å²) in [4.78, 5) is 15.7. The first-order valence-electron chi connectivity index (χ1n) is 10.3. The van der Waals surface area contributed by atoms with Gasteiger partial charge in [-0.25, -0.2) is 15.2 Å². The second kappa shape index (κ2) is 11.1. The van der Waals surface area contributed by atoms with Crippen molar-refractivity contribution in [3.05, 3.63) is 46.2 Å². The van der Waals surface area contributed by atoms with Gasteiger partial charge in [0.1, 0.15) is 5.82 Å². The summed E-state index contributed by atoms with van der Waals surface area (Å²) in [6.07, 6.45) is 3.90. The number of rotatable bonds is 10. The van der Waals surface area contributed by atoms with Crippen molar-refractivity contribution in [3.8, 4) is 11.5 Å². The lowest BCUT2D eigenvalue weighted by atomic mass is 10.1. The number of aliphatic imine (C=N–C) groups is 1. The molecule has 3 rings (SSSR count). The number of hydrazine groups is 1. The molecular formula is C22H27BrFN5O3. The first-order chi connectivity index (χ1) is 15.4. The van der Waals surface area contributed by atoms with Crippen molar-refractivity contribution in [2.45, 2.75) is 31.8 Å². The van der Waals surface area contributed by atoms with Crippen molar-refractivity contribution in [2.24, 2.45) is 10.8 Å². The summed E-state index contributed by atoms with van der Waals surface area (Å²) in [5.41, 5.74) is 1.69. The molecule has 0 fully saturated rings. The summed E-state index contributed by atoms with van der Waals surface area (Å²) in [6, 6.07) is 8.28. The van der Waals surface area contributed by atoms with E-state index < -0.39 is 12.0 Å². The van der Waals surface area contributed by atoms with Crippen LogP contribution < -0.4 is 31.0 Å². The molecule has 1 amide bonds. The van der Waals surface area contributed by atoms with Gasteiger partial charge in [-0.15, -0.1) is 0 Å². The number of halogens is 2. The number of benzene rings is 2. The number of anilines is 2. The smallest absolute Gasteiger partial charge is 0.219 e. The molecule has 0 aromatic heterocycles. The average molecular weight is 508 g/mol. The van der Waals surface area contributed by atoms with Crippen LogP contribution in [0.1, 0.15) is 37.4 Å². The van der Waals surface area contributed by atoms with Crippen LogP contribution in [-0.2, 0) is 4.79 Å². The number of methoxy groups -OCH3 is 1. The van der Waals surface area contributed by atoms with Crippen LogP contribution in [0.3, 0.4) is 0 Å². The number of nitrogens with two attached hydrogens (primary N) is 1. The van der Waals surface area contributed by atoms with Crippen molar-refractivity contribution >= 4 is 39.6 Å². The fraction of sp³-hybridized carbons (Fsp3) is 0.364. The summed E-state index contributed by atoms with van der Waals surface area (Å²) >= 11 is 3.25. The van der Waals surface area contributed by atoms with E-state index in [0.717, 1.165) is 30.5 Å². The number of nitrogens with one attached hydrogen (secondary N) is 2. The maximum Gasteiger partial charge on any atom is 0.219 e. The van der Waals surface area contributed by atoms with Gasteiger partial charge in [-0.3, -0.25) is 9.80 Å². The number of hydrogen-bond donors (Lipinski definition) is 3. The zero-order valence-electron chi connectivity index (χ0n) is 18.0. The Morgan fingerprint density at radius 3 is 2.81 bits per heavy atom. The Labute approximate surface area is 195 Å². The number of fused-ring (bicyclic) bond motifs is 1. The minimum absolute atomic E-state index is 0.0431. The van der Waals surface area contributed by atoms with Gasteiger partial charge < -0.3 is 20.1 Å². The number of carbonyl (C=O) groups is 1. The van der Waals surface area contributed by atoms with Gasteiger partial charge in [0.25, 0.3) is 0 Å². The van der Waals surface area contributed by atoms with Gasteiger partial charge in [0.05, 0.1) is 31.4 Å². The number of amides is 1. The van der Waals surface area contributed by atoms with E-state index in [9.17, 15) is 9.18 Å². The van der Waals surface area contributed by atoms with E-state index in [1.54, 1.807) is 32.4 Å². The van der Waals surface area contributed by atoms with Crippen molar-refractivity contribution in [1.82, 2.24) is 5.32 Å². The van der Waals surface area contributed by atoms with E-state index >= 15 is 0 Å². The van der Waals surface area contributed by atoms with E-state index in [2.05, 4.69) is 31.6 Å². The van der Waals surface area contributed by atoms with E-state index in [1.165, 1.54) is 17.4 Å². The Morgan fingerprint density at radius 1 is 1.28 bits per heavy atom. The van der Waals surface area contributed by atoms with Crippen LogP contribution in [0.5, 0.6) is 11.5 Å². The molecule has 10 heteroatoms. The molecule has 0 aliphatic carbocycles. The summed E-state index contributed by atoms with van der Waals surface area (Å²) in [6.45, 7) is 0.494. The Hall–Kier alpha value is -2.85. The molecule has 0 bridgehead atoms. The maximum absolute atomic E-state index is 14.4. The normalized spacial score (nSPS) is 14.3. The van der Waals surface area contributed by atoms with Gasteiger partial charge in [-0.1, -0.05) is 15.9 Å². The van der Waals surface area contributed by atoms with Gasteiger partial charge >= 0.3 is 0 Å². The number of nitrogens with zero attached hydrogens (tertiary/aromatic N) is 2. The van der Waals surface area contributed by atoms with Crippen molar-refractivity contribution in [2.75, 3.05) is 31.1 Å². The van der Waals surface area contributed by atoms with Crippen molar-refractivity contribution < 1.29 is 18.7 Å². The molecule has 1 heterocycles. The molecule has 1 aliphatic heterocycles. The third kappa shape index (κ3) is 5.68. The van der Waals surface area contributed by atoms with E-state index in [4.69, 9.17) is 15.3 Å². The Balaban J connectivity index is 1.71. The molecule has 0 radical (unpaired) electrons. The molecule has 8 nitrogen and oxygen atoms in total. The molecule has 1 atom stereocenters. The van der Waals surface area contributed by atoms with Crippen LogP contribution in [0, 0.1) is 5.82 Å². The number of carbonyl (C=O) groups excluding carboxylic acids is 1. The molecule has 2 aromatic rings. The average Bonchev–Trinajstić information content (AvgIpc) is 2.79. The van der Waals surface area contributed by atoms with Crippen LogP contribution >= 0.6 is 15.9 Å². The zero-order chi connectivity index (χ0) is 23.1. The summed E-state index contributed by atoms with van der Waals surface area (Å²) in [5, 5.41) is 6.98. The highest BCUT2D eigenvalue weighted by molar-refractivity contribution is 9.10. The molecule has 32 heavy (non-hydrogen) atoms. The van der Waals surface area contributed by atoms with Crippen LogP contribution in [0.15, 0.2) is 39.8 Å². The van der Waals surface area contributed by atoms with Gasteiger partial charge in [0, 0.05) is 29.6 Å². The number of hydrogen-bond acceptors (Lipinski definition) is 7.